The summed E-state index contributed by atoms with van der Waals surface area (Å²) in [6.07, 6.45) is 0.687. The number of nitrogens with zero attached hydrogens (tertiary/aromatic N) is 4. The fourth-order valence-corrected chi connectivity index (χ4v) is 3.43. The summed E-state index contributed by atoms with van der Waals surface area (Å²) in [6.45, 7) is 2.53. The van der Waals surface area contributed by atoms with Gasteiger partial charge in [0, 0.05) is 7.05 Å². The van der Waals surface area contributed by atoms with E-state index in [9.17, 15) is 14.7 Å². The highest BCUT2D eigenvalue weighted by molar-refractivity contribution is 5.80. The van der Waals surface area contributed by atoms with Crippen molar-refractivity contribution in [3.05, 3.63) is 86.6 Å². The van der Waals surface area contributed by atoms with Crippen LogP contribution in [-0.4, -0.2) is 37.0 Å². The first-order valence-corrected chi connectivity index (χ1v) is 10.4. The van der Waals surface area contributed by atoms with Crippen LogP contribution in [0.15, 0.2) is 69.3 Å². The van der Waals surface area contributed by atoms with Crippen molar-refractivity contribution in [3.8, 4) is 5.75 Å². The van der Waals surface area contributed by atoms with Crippen LogP contribution in [0.2, 0.25) is 0 Å². The average molecular weight is 448 g/mol. The Morgan fingerprint density at radius 2 is 1.91 bits per heavy atom. The van der Waals surface area contributed by atoms with Crippen LogP contribution in [0.1, 0.15) is 24.2 Å². The third kappa shape index (κ3) is 4.70. The molecule has 0 spiro atoms. The maximum atomic E-state index is 12.6. The topological polar surface area (TPSA) is 127 Å². The number of nitrogens with one attached hydrogen (secondary N) is 2. The van der Waals surface area contributed by atoms with E-state index >= 15 is 0 Å². The molecule has 0 aliphatic rings. The van der Waals surface area contributed by atoms with E-state index in [1.807, 2.05) is 49.4 Å². The molecule has 3 N–H and O–H groups in total. The van der Waals surface area contributed by atoms with Crippen molar-refractivity contribution in [3.63, 3.8) is 0 Å². The molecule has 10 nitrogen and oxygen atoms in total. The highest BCUT2D eigenvalue weighted by Crippen LogP contribution is 2.21. The fourth-order valence-electron chi connectivity index (χ4n) is 3.43. The van der Waals surface area contributed by atoms with Crippen LogP contribution in [0.4, 0.5) is 5.95 Å². The molecule has 0 saturated carbocycles. The Morgan fingerprint density at radius 3 is 2.61 bits per heavy atom. The van der Waals surface area contributed by atoms with Crippen molar-refractivity contribution in [1.82, 2.24) is 19.1 Å². The molecule has 2 aromatic carbocycles. The van der Waals surface area contributed by atoms with E-state index in [2.05, 4.69) is 20.5 Å². The monoisotopic (exact) mass is 448 g/mol. The van der Waals surface area contributed by atoms with Gasteiger partial charge < -0.3 is 9.84 Å². The lowest BCUT2D eigenvalue weighted by molar-refractivity contribution is 0.158. The van der Waals surface area contributed by atoms with Crippen LogP contribution in [-0.2, 0) is 13.6 Å². The molecule has 10 heteroatoms. The third-order valence-corrected chi connectivity index (χ3v) is 5.12. The number of anilines is 1. The van der Waals surface area contributed by atoms with Gasteiger partial charge in [-0.05, 0) is 42.3 Å². The maximum absolute atomic E-state index is 12.6. The molecule has 1 atom stereocenters. The zero-order valence-electron chi connectivity index (χ0n) is 18.2. The Balaban J connectivity index is 1.68. The van der Waals surface area contributed by atoms with Crippen LogP contribution >= 0.6 is 0 Å². The van der Waals surface area contributed by atoms with Gasteiger partial charge in [0.1, 0.15) is 5.75 Å². The quantitative estimate of drug-likeness (QED) is 0.280. The highest BCUT2D eigenvalue weighted by atomic mass is 16.5. The van der Waals surface area contributed by atoms with Gasteiger partial charge in [0.15, 0.2) is 11.2 Å². The van der Waals surface area contributed by atoms with Crippen LogP contribution < -0.4 is 21.4 Å². The fraction of sp³-hybridized carbons (Fsp3) is 0.217. The number of imidazole rings is 1. The largest absolute Gasteiger partial charge is 0.494 e. The number of hydrogen-bond acceptors (Lipinski definition) is 7. The van der Waals surface area contributed by atoms with Crippen molar-refractivity contribution >= 4 is 23.3 Å². The molecular formula is C23H24N6O4. The molecule has 0 saturated heterocycles. The number of aliphatic hydroxyl groups is 1. The lowest BCUT2D eigenvalue weighted by Gasteiger charge is -2.14. The average Bonchev–Trinajstić information content (AvgIpc) is 3.18. The number of fused-ring (bicyclic) bond motifs is 1. The zero-order valence-corrected chi connectivity index (χ0v) is 18.2. The number of aromatic nitrogens is 4. The molecule has 0 fully saturated rings. The SMILES string of the molecule is CCOc1ccc(C=NNc2nc3c(c(=O)[nH]c(=O)n3C)n2CC(O)c2ccccc2)cc1. The van der Waals surface area contributed by atoms with E-state index in [1.54, 1.807) is 18.3 Å². The number of ether oxygens (including phenoxy) is 1. The Bertz CT molecular complexity index is 1390. The molecule has 2 heterocycles. The van der Waals surface area contributed by atoms with Crippen molar-refractivity contribution in [2.75, 3.05) is 12.0 Å². The van der Waals surface area contributed by atoms with Crippen LogP contribution in [0.5, 0.6) is 5.75 Å². The molecule has 0 amide bonds. The summed E-state index contributed by atoms with van der Waals surface area (Å²) >= 11 is 0. The zero-order chi connectivity index (χ0) is 23.4. The van der Waals surface area contributed by atoms with Gasteiger partial charge in [-0.25, -0.2) is 10.2 Å². The first kappa shape index (κ1) is 22.0. The molecule has 0 bridgehead atoms. The van der Waals surface area contributed by atoms with E-state index in [-0.39, 0.29) is 23.7 Å². The third-order valence-electron chi connectivity index (χ3n) is 5.12. The van der Waals surface area contributed by atoms with Gasteiger partial charge in [0.05, 0.1) is 25.5 Å². The summed E-state index contributed by atoms with van der Waals surface area (Å²) in [6, 6.07) is 16.5. The van der Waals surface area contributed by atoms with E-state index in [0.29, 0.717) is 12.2 Å². The number of H-pyrrole nitrogens is 1. The molecule has 0 aliphatic carbocycles. The number of benzene rings is 2. The Hall–Kier alpha value is -4.18. The standard InChI is InChI=1S/C23H24N6O4/c1-3-33-17-11-9-15(10-12-17)13-24-27-22-25-20-19(21(31)26-23(32)28(20)2)29(22)14-18(30)16-7-5-4-6-8-16/h4-13,18,30H,3,14H2,1-2H3,(H,25,27)(H,26,31,32). The summed E-state index contributed by atoms with van der Waals surface area (Å²) in [7, 11) is 1.51. The van der Waals surface area contributed by atoms with Gasteiger partial charge in [-0.15, -0.1) is 0 Å². The number of aryl methyl sites for hydroxylation is 1. The van der Waals surface area contributed by atoms with Gasteiger partial charge in [-0.1, -0.05) is 30.3 Å². The molecule has 0 aliphatic heterocycles. The maximum Gasteiger partial charge on any atom is 0.329 e. The smallest absolute Gasteiger partial charge is 0.329 e. The molecule has 2 aromatic heterocycles. The van der Waals surface area contributed by atoms with Crippen LogP contribution in [0, 0.1) is 0 Å². The van der Waals surface area contributed by atoms with Gasteiger partial charge in [-0.2, -0.15) is 10.1 Å². The van der Waals surface area contributed by atoms with Crippen LogP contribution in [0.25, 0.3) is 11.2 Å². The first-order chi connectivity index (χ1) is 16.0. The number of aromatic amines is 1. The van der Waals surface area contributed by atoms with Gasteiger partial charge in [0.25, 0.3) is 5.56 Å². The van der Waals surface area contributed by atoms with Gasteiger partial charge in [0.2, 0.25) is 5.95 Å². The summed E-state index contributed by atoms with van der Waals surface area (Å²) in [5.41, 5.74) is 3.51. The number of hydrazone groups is 1. The van der Waals surface area contributed by atoms with Gasteiger partial charge >= 0.3 is 5.69 Å². The van der Waals surface area contributed by atoms with E-state index in [0.717, 1.165) is 11.3 Å². The van der Waals surface area contributed by atoms with E-state index in [4.69, 9.17) is 4.74 Å². The first-order valence-electron chi connectivity index (χ1n) is 10.4. The normalized spacial score (nSPS) is 12.3. The summed E-state index contributed by atoms with van der Waals surface area (Å²) in [5.74, 6) is 0.980. The molecule has 4 aromatic rings. The Morgan fingerprint density at radius 1 is 1.18 bits per heavy atom. The lowest BCUT2D eigenvalue weighted by Crippen LogP contribution is -2.29. The highest BCUT2D eigenvalue weighted by Gasteiger charge is 2.20. The molecule has 4 rings (SSSR count). The molecule has 1 unspecified atom stereocenters. The van der Waals surface area contributed by atoms with Gasteiger partial charge in [-0.3, -0.25) is 18.9 Å². The van der Waals surface area contributed by atoms with Crippen molar-refractivity contribution < 1.29 is 9.84 Å². The van der Waals surface area contributed by atoms with Crippen molar-refractivity contribution in [2.24, 2.45) is 12.1 Å². The second kappa shape index (κ2) is 9.53. The molecule has 0 radical (unpaired) electrons. The molecular weight excluding hydrogens is 424 g/mol. The summed E-state index contributed by atoms with van der Waals surface area (Å²) in [4.78, 5) is 31.3. The number of hydrogen-bond donors (Lipinski definition) is 3. The molecule has 170 valence electrons. The number of rotatable bonds is 8. The minimum atomic E-state index is -0.907. The van der Waals surface area contributed by atoms with Crippen molar-refractivity contribution in [1.29, 1.82) is 0 Å². The predicted octanol–water partition coefficient (Wildman–Crippen LogP) is 2.00. The Kier molecular flexibility index (Phi) is 6.36. The molecule has 33 heavy (non-hydrogen) atoms. The minimum absolute atomic E-state index is 0.0305. The second-order valence-electron chi connectivity index (χ2n) is 7.34. The van der Waals surface area contributed by atoms with E-state index in [1.165, 1.54) is 16.2 Å². The minimum Gasteiger partial charge on any atom is -0.494 e. The van der Waals surface area contributed by atoms with Crippen LogP contribution in [0.3, 0.4) is 0 Å². The predicted molar refractivity (Wildman–Crippen MR) is 126 cm³/mol. The lowest BCUT2D eigenvalue weighted by atomic mass is 10.1. The summed E-state index contributed by atoms with van der Waals surface area (Å²) in [5, 5.41) is 15.0. The van der Waals surface area contributed by atoms with E-state index < -0.39 is 17.4 Å². The number of aliphatic hydroxyl groups excluding tert-OH is 1. The Labute approximate surface area is 188 Å². The van der Waals surface area contributed by atoms with Crippen molar-refractivity contribution in [2.45, 2.75) is 19.6 Å². The summed E-state index contributed by atoms with van der Waals surface area (Å²) < 4.78 is 8.19. The second-order valence-corrected chi connectivity index (χ2v) is 7.34.